The van der Waals surface area contributed by atoms with E-state index < -0.39 is 5.97 Å². The van der Waals surface area contributed by atoms with Crippen LogP contribution >= 0.6 is 15.9 Å². The van der Waals surface area contributed by atoms with Crippen molar-refractivity contribution in [2.45, 2.75) is 13.8 Å². The Kier molecular flexibility index (Phi) is 7.53. The summed E-state index contributed by atoms with van der Waals surface area (Å²) < 4.78 is 17.1. The van der Waals surface area contributed by atoms with Crippen LogP contribution in [0.15, 0.2) is 76.4 Å². The molecule has 0 atom stereocenters. The molecule has 0 aliphatic carbocycles. The van der Waals surface area contributed by atoms with Crippen LogP contribution in [0.25, 0.3) is 6.08 Å². The molecule has 1 aliphatic rings. The summed E-state index contributed by atoms with van der Waals surface area (Å²) in [5.74, 6) is 0.219. The minimum atomic E-state index is -0.540. The standard InChI is InChI=1S/C25H24BrNO5/c1-5-13-32-21-12-7-17(15-22(21)30-4)14-20-23(25(29)31-6-2)16(3)27(24(20)28)19-10-8-18(26)9-11-19/h5,7-12,14-15H,1,6,13H2,2-4H3. The van der Waals surface area contributed by atoms with Crippen molar-refractivity contribution in [2.75, 3.05) is 25.2 Å². The summed E-state index contributed by atoms with van der Waals surface area (Å²) in [7, 11) is 1.54. The zero-order valence-corrected chi connectivity index (χ0v) is 19.8. The first-order valence-electron chi connectivity index (χ1n) is 10.0. The van der Waals surface area contributed by atoms with E-state index in [0.29, 0.717) is 35.1 Å². The Morgan fingerprint density at radius 1 is 1.16 bits per heavy atom. The molecule has 1 aliphatic heterocycles. The third kappa shape index (κ3) is 4.78. The number of halogens is 1. The van der Waals surface area contributed by atoms with Crippen LogP contribution in [0.2, 0.25) is 0 Å². The van der Waals surface area contributed by atoms with Gasteiger partial charge < -0.3 is 14.2 Å². The summed E-state index contributed by atoms with van der Waals surface area (Å²) in [6.07, 6.45) is 3.30. The number of carbonyl (C=O) groups is 2. The number of methoxy groups -OCH3 is 1. The van der Waals surface area contributed by atoms with Gasteiger partial charge in [0, 0.05) is 15.9 Å². The molecule has 0 radical (unpaired) electrons. The quantitative estimate of drug-likeness (QED) is 0.281. The van der Waals surface area contributed by atoms with E-state index in [0.717, 1.165) is 4.47 Å². The summed E-state index contributed by atoms with van der Waals surface area (Å²) in [5.41, 5.74) is 2.35. The highest BCUT2D eigenvalue weighted by atomic mass is 79.9. The number of amides is 1. The van der Waals surface area contributed by atoms with Gasteiger partial charge in [0.05, 0.1) is 24.9 Å². The molecular weight excluding hydrogens is 474 g/mol. The van der Waals surface area contributed by atoms with E-state index in [2.05, 4.69) is 22.5 Å². The predicted octanol–water partition coefficient (Wildman–Crippen LogP) is 5.29. The Labute approximate surface area is 195 Å². The Bertz CT molecular complexity index is 1100. The zero-order valence-electron chi connectivity index (χ0n) is 18.2. The highest BCUT2D eigenvalue weighted by Crippen LogP contribution is 2.37. The molecule has 0 N–H and O–H groups in total. The average Bonchev–Trinajstić information content (AvgIpc) is 3.03. The first kappa shape index (κ1) is 23.3. The minimum absolute atomic E-state index is 0.207. The largest absolute Gasteiger partial charge is 0.493 e. The van der Waals surface area contributed by atoms with Crippen molar-refractivity contribution in [1.29, 1.82) is 0 Å². The molecule has 32 heavy (non-hydrogen) atoms. The molecule has 3 rings (SSSR count). The maximum Gasteiger partial charge on any atom is 0.340 e. The summed E-state index contributed by atoms with van der Waals surface area (Å²) in [4.78, 5) is 27.7. The van der Waals surface area contributed by atoms with E-state index in [1.165, 1.54) is 12.0 Å². The third-order valence-corrected chi connectivity index (χ3v) is 5.35. The van der Waals surface area contributed by atoms with Crippen LogP contribution < -0.4 is 14.4 Å². The number of rotatable bonds is 8. The Morgan fingerprint density at radius 2 is 1.88 bits per heavy atom. The van der Waals surface area contributed by atoms with Gasteiger partial charge in [-0.05, 0) is 61.9 Å². The monoisotopic (exact) mass is 497 g/mol. The van der Waals surface area contributed by atoms with E-state index in [1.54, 1.807) is 44.2 Å². The van der Waals surface area contributed by atoms with Crippen molar-refractivity contribution < 1.29 is 23.8 Å². The zero-order chi connectivity index (χ0) is 23.3. The van der Waals surface area contributed by atoms with Crippen LogP contribution in [0.1, 0.15) is 19.4 Å². The second-order valence-corrected chi connectivity index (χ2v) is 7.78. The Hall–Kier alpha value is -3.32. The van der Waals surface area contributed by atoms with Crippen LogP contribution in [-0.4, -0.2) is 32.2 Å². The molecule has 0 aromatic heterocycles. The molecule has 1 amide bonds. The first-order chi connectivity index (χ1) is 15.4. The van der Waals surface area contributed by atoms with Crippen molar-refractivity contribution in [3.8, 4) is 11.5 Å². The lowest BCUT2D eigenvalue weighted by molar-refractivity contribution is -0.138. The summed E-state index contributed by atoms with van der Waals surface area (Å²) in [6, 6.07) is 12.6. The molecule has 166 valence electrons. The van der Waals surface area contributed by atoms with Crippen LogP contribution in [0, 0.1) is 0 Å². The highest BCUT2D eigenvalue weighted by molar-refractivity contribution is 9.10. The van der Waals surface area contributed by atoms with E-state index in [-0.39, 0.29) is 23.7 Å². The van der Waals surface area contributed by atoms with Gasteiger partial charge in [-0.2, -0.15) is 0 Å². The van der Waals surface area contributed by atoms with Crippen molar-refractivity contribution in [2.24, 2.45) is 0 Å². The van der Waals surface area contributed by atoms with Gasteiger partial charge in [0.1, 0.15) is 6.61 Å². The molecule has 0 fully saturated rings. The van der Waals surface area contributed by atoms with Gasteiger partial charge in [-0.1, -0.05) is 34.7 Å². The molecular formula is C25H24BrNO5. The SMILES string of the molecule is C=CCOc1ccc(C=C2C(=O)N(c3ccc(Br)cc3)C(C)=C2C(=O)OCC)cc1OC. The van der Waals surface area contributed by atoms with E-state index in [4.69, 9.17) is 14.2 Å². The smallest absolute Gasteiger partial charge is 0.340 e. The van der Waals surface area contributed by atoms with Gasteiger partial charge in [-0.25, -0.2) is 4.79 Å². The lowest BCUT2D eigenvalue weighted by Crippen LogP contribution is -2.24. The maximum atomic E-state index is 13.4. The topological polar surface area (TPSA) is 65.1 Å². The number of benzene rings is 2. The molecule has 0 unspecified atom stereocenters. The van der Waals surface area contributed by atoms with Gasteiger partial charge >= 0.3 is 5.97 Å². The van der Waals surface area contributed by atoms with Gasteiger partial charge in [0.15, 0.2) is 11.5 Å². The molecule has 0 saturated heterocycles. The number of anilines is 1. The van der Waals surface area contributed by atoms with E-state index in [1.807, 2.05) is 24.3 Å². The van der Waals surface area contributed by atoms with Crippen molar-refractivity contribution >= 4 is 39.6 Å². The highest BCUT2D eigenvalue weighted by Gasteiger charge is 2.38. The number of allylic oxidation sites excluding steroid dienone is 1. The molecule has 6 nitrogen and oxygen atoms in total. The Balaban J connectivity index is 2.08. The molecule has 0 spiro atoms. The van der Waals surface area contributed by atoms with Gasteiger partial charge in [0.25, 0.3) is 5.91 Å². The second-order valence-electron chi connectivity index (χ2n) is 6.87. The fourth-order valence-electron chi connectivity index (χ4n) is 3.39. The third-order valence-electron chi connectivity index (χ3n) is 4.82. The van der Waals surface area contributed by atoms with Crippen molar-refractivity contribution in [1.82, 2.24) is 0 Å². The number of nitrogens with zero attached hydrogens (tertiary/aromatic N) is 1. The van der Waals surface area contributed by atoms with Gasteiger partial charge in [0.2, 0.25) is 0 Å². The van der Waals surface area contributed by atoms with Crippen molar-refractivity contribution in [3.63, 3.8) is 0 Å². The minimum Gasteiger partial charge on any atom is -0.493 e. The maximum absolute atomic E-state index is 13.4. The lowest BCUT2D eigenvalue weighted by Gasteiger charge is -2.18. The summed E-state index contributed by atoms with van der Waals surface area (Å²) in [5, 5.41) is 0. The summed E-state index contributed by atoms with van der Waals surface area (Å²) >= 11 is 3.40. The molecule has 2 aromatic rings. The number of hydrogen-bond donors (Lipinski definition) is 0. The normalized spacial score (nSPS) is 14.7. The summed E-state index contributed by atoms with van der Waals surface area (Å²) in [6.45, 7) is 7.65. The van der Waals surface area contributed by atoms with Crippen LogP contribution in [0.4, 0.5) is 5.69 Å². The first-order valence-corrected chi connectivity index (χ1v) is 10.8. The number of ether oxygens (including phenoxy) is 3. The average molecular weight is 498 g/mol. The van der Waals surface area contributed by atoms with Crippen LogP contribution in [-0.2, 0) is 14.3 Å². The number of esters is 1. The fraction of sp³-hybridized carbons (Fsp3) is 0.200. The molecule has 2 aromatic carbocycles. The second kappa shape index (κ2) is 10.3. The van der Waals surface area contributed by atoms with E-state index >= 15 is 0 Å². The van der Waals surface area contributed by atoms with Crippen molar-refractivity contribution in [3.05, 3.63) is 82.0 Å². The lowest BCUT2D eigenvalue weighted by atomic mass is 10.0. The predicted molar refractivity (Wildman–Crippen MR) is 128 cm³/mol. The number of carbonyl (C=O) groups excluding carboxylic acids is 2. The van der Waals surface area contributed by atoms with Gasteiger partial charge in [-0.15, -0.1) is 0 Å². The van der Waals surface area contributed by atoms with Crippen LogP contribution in [0.3, 0.4) is 0 Å². The molecule has 7 heteroatoms. The fourth-order valence-corrected chi connectivity index (χ4v) is 3.66. The van der Waals surface area contributed by atoms with E-state index in [9.17, 15) is 9.59 Å². The molecule has 1 heterocycles. The molecule has 0 bridgehead atoms. The Morgan fingerprint density at radius 3 is 2.50 bits per heavy atom. The molecule has 0 saturated carbocycles. The van der Waals surface area contributed by atoms with Gasteiger partial charge in [-0.3, -0.25) is 9.69 Å². The number of hydrogen-bond acceptors (Lipinski definition) is 5. The van der Waals surface area contributed by atoms with Crippen LogP contribution in [0.5, 0.6) is 11.5 Å².